The normalized spacial score (nSPS) is 11.1. The highest BCUT2D eigenvalue weighted by Crippen LogP contribution is 2.08. The van der Waals surface area contributed by atoms with Crippen molar-refractivity contribution in [1.82, 2.24) is 4.90 Å². The summed E-state index contributed by atoms with van der Waals surface area (Å²) in [5, 5.41) is 18.2. The quantitative estimate of drug-likeness (QED) is 0.680. The maximum atomic E-state index is 9.09. The van der Waals surface area contributed by atoms with Crippen molar-refractivity contribution < 1.29 is 14.8 Å². The first kappa shape index (κ1) is 16.0. The number of benzene rings is 1. The molecule has 0 atom stereocenters. The molecule has 0 heterocycles. The fourth-order valence-corrected chi connectivity index (χ4v) is 1.95. The number of ether oxygens (including phenoxy) is 1. The van der Waals surface area contributed by atoms with E-state index in [1.54, 1.807) is 18.2 Å². The van der Waals surface area contributed by atoms with Crippen LogP contribution >= 0.6 is 0 Å². The molecule has 0 fully saturated rings. The van der Waals surface area contributed by atoms with Gasteiger partial charge in [0, 0.05) is 13.1 Å². The van der Waals surface area contributed by atoms with Crippen LogP contribution in [0.25, 0.3) is 0 Å². The van der Waals surface area contributed by atoms with Gasteiger partial charge in [-0.1, -0.05) is 32.9 Å². The van der Waals surface area contributed by atoms with Crippen molar-refractivity contribution in [2.75, 3.05) is 26.2 Å². The molecule has 0 saturated heterocycles. The van der Waals surface area contributed by atoms with Gasteiger partial charge in [-0.25, -0.2) is 0 Å². The molecule has 0 bridgehead atoms. The van der Waals surface area contributed by atoms with E-state index >= 15 is 0 Å². The third-order valence-corrected chi connectivity index (χ3v) is 2.90. The standard InChI is InChI=1S/C14H24BNO3/c1-4-16(11-12(2)3)8-9-19-14-7-5-6-13(10-14)15(17)18/h5-7,10,12,17-18H,4,8-9,11H2,1-3H3. The number of hydrogen-bond donors (Lipinski definition) is 2. The maximum absolute atomic E-state index is 9.09. The molecular weight excluding hydrogens is 241 g/mol. The average Bonchev–Trinajstić information content (AvgIpc) is 2.37. The molecule has 19 heavy (non-hydrogen) atoms. The van der Waals surface area contributed by atoms with Crippen LogP contribution in [0.3, 0.4) is 0 Å². The molecule has 2 N–H and O–H groups in total. The maximum Gasteiger partial charge on any atom is 0.488 e. The van der Waals surface area contributed by atoms with E-state index in [-0.39, 0.29) is 0 Å². The van der Waals surface area contributed by atoms with Gasteiger partial charge in [-0.15, -0.1) is 0 Å². The summed E-state index contributed by atoms with van der Waals surface area (Å²) in [6, 6.07) is 6.90. The summed E-state index contributed by atoms with van der Waals surface area (Å²) in [7, 11) is -1.45. The molecule has 5 heteroatoms. The molecule has 1 rings (SSSR count). The molecule has 0 saturated carbocycles. The van der Waals surface area contributed by atoms with Crippen molar-refractivity contribution >= 4 is 12.6 Å². The molecule has 0 radical (unpaired) electrons. The first-order chi connectivity index (χ1) is 9.02. The minimum absolute atomic E-state index is 0.451. The van der Waals surface area contributed by atoms with Crippen molar-refractivity contribution in [2.45, 2.75) is 20.8 Å². The Balaban J connectivity index is 2.41. The molecule has 4 nitrogen and oxygen atoms in total. The van der Waals surface area contributed by atoms with Crippen molar-refractivity contribution in [3.8, 4) is 5.75 Å². The van der Waals surface area contributed by atoms with Gasteiger partial charge in [-0.3, -0.25) is 4.90 Å². The van der Waals surface area contributed by atoms with E-state index in [4.69, 9.17) is 14.8 Å². The van der Waals surface area contributed by atoms with E-state index in [2.05, 4.69) is 25.7 Å². The number of likely N-dealkylation sites (N-methyl/N-ethyl adjacent to an activating group) is 1. The first-order valence-electron chi connectivity index (χ1n) is 6.84. The van der Waals surface area contributed by atoms with E-state index in [1.165, 1.54) is 0 Å². The highest BCUT2D eigenvalue weighted by molar-refractivity contribution is 6.58. The molecule has 106 valence electrons. The molecular formula is C14H24BNO3. The molecule has 1 aromatic carbocycles. The first-order valence-corrected chi connectivity index (χ1v) is 6.84. The minimum Gasteiger partial charge on any atom is -0.492 e. The second kappa shape index (κ2) is 8.20. The molecule has 0 unspecified atom stereocenters. The second-order valence-electron chi connectivity index (χ2n) is 5.08. The van der Waals surface area contributed by atoms with Crippen LogP contribution in [0.5, 0.6) is 5.75 Å². The highest BCUT2D eigenvalue weighted by Gasteiger charge is 2.11. The summed E-state index contributed by atoms with van der Waals surface area (Å²) in [6.07, 6.45) is 0. The van der Waals surface area contributed by atoms with Gasteiger partial charge < -0.3 is 14.8 Å². The molecule has 1 aromatic rings. The zero-order valence-corrected chi connectivity index (χ0v) is 12.0. The summed E-state index contributed by atoms with van der Waals surface area (Å²) in [5.74, 6) is 1.32. The summed E-state index contributed by atoms with van der Waals surface area (Å²) in [6.45, 7) is 10.1. The predicted octanol–water partition coefficient (Wildman–Crippen LogP) is 0.723. The van der Waals surface area contributed by atoms with Gasteiger partial charge in [-0.2, -0.15) is 0 Å². The lowest BCUT2D eigenvalue weighted by Gasteiger charge is -2.22. The van der Waals surface area contributed by atoms with Crippen LogP contribution in [0.1, 0.15) is 20.8 Å². The Morgan fingerprint density at radius 1 is 1.32 bits per heavy atom. The Kier molecular flexibility index (Phi) is 6.91. The molecule has 0 amide bonds. The monoisotopic (exact) mass is 265 g/mol. The zero-order valence-electron chi connectivity index (χ0n) is 12.0. The third kappa shape index (κ3) is 6.10. The topological polar surface area (TPSA) is 52.9 Å². The summed E-state index contributed by atoms with van der Waals surface area (Å²) >= 11 is 0. The molecule has 0 aliphatic heterocycles. The van der Waals surface area contributed by atoms with Gasteiger partial charge in [0.1, 0.15) is 12.4 Å². The van der Waals surface area contributed by atoms with E-state index in [9.17, 15) is 0 Å². The van der Waals surface area contributed by atoms with Crippen LogP contribution in [-0.4, -0.2) is 48.3 Å². The Morgan fingerprint density at radius 3 is 2.63 bits per heavy atom. The van der Waals surface area contributed by atoms with Gasteiger partial charge in [0.05, 0.1) is 0 Å². The summed E-state index contributed by atoms with van der Waals surface area (Å²) in [4.78, 5) is 2.34. The van der Waals surface area contributed by atoms with Crippen molar-refractivity contribution in [3.63, 3.8) is 0 Å². The number of rotatable bonds is 8. The predicted molar refractivity (Wildman–Crippen MR) is 78.7 cm³/mol. The van der Waals surface area contributed by atoms with Crippen molar-refractivity contribution in [3.05, 3.63) is 24.3 Å². The highest BCUT2D eigenvalue weighted by atomic mass is 16.5. The fraction of sp³-hybridized carbons (Fsp3) is 0.571. The van der Waals surface area contributed by atoms with Gasteiger partial charge in [-0.05, 0) is 30.1 Å². The van der Waals surface area contributed by atoms with Crippen molar-refractivity contribution in [1.29, 1.82) is 0 Å². The lowest BCUT2D eigenvalue weighted by Crippen LogP contribution is -2.32. The molecule has 0 spiro atoms. The Bertz CT molecular complexity index is 371. The third-order valence-electron chi connectivity index (χ3n) is 2.90. The molecule has 0 aromatic heterocycles. The van der Waals surface area contributed by atoms with Gasteiger partial charge >= 0.3 is 7.12 Å². The van der Waals surface area contributed by atoms with E-state index in [0.717, 1.165) is 19.6 Å². The smallest absolute Gasteiger partial charge is 0.488 e. The van der Waals surface area contributed by atoms with Gasteiger partial charge in [0.2, 0.25) is 0 Å². The number of hydrogen-bond acceptors (Lipinski definition) is 4. The van der Waals surface area contributed by atoms with Gasteiger partial charge in [0.25, 0.3) is 0 Å². The van der Waals surface area contributed by atoms with Crippen molar-refractivity contribution in [2.24, 2.45) is 5.92 Å². The van der Waals surface area contributed by atoms with Crippen LogP contribution in [-0.2, 0) is 0 Å². The lowest BCUT2D eigenvalue weighted by molar-refractivity contribution is 0.200. The largest absolute Gasteiger partial charge is 0.492 e. The van der Waals surface area contributed by atoms with Crippen LogP contribution in [0, 0.1) is 5.92 Å². The van der Waals surface area contributed by atoms with E-state index < -0.39 is 7.12 Å². The minimum atomic E-state index is -1.45. The number of nitrogens with zero attached hydrogens (tertiary/aromatic N) is 1. The SMILES string of the molecule is CCN(CCOc1cccc(B(O)O)c1)CC(C)C. The Hall–Kier alpha value is -1.04. The lowest BCUT2D eigenvalue weighted by atomic mass is 9.80. The molecule has 0 aliphatic rings. The van der Waals surface area contributed by atoms with Crippen LogP contribution in [0.4, 0.5) is 0 Å². The van der Waals surface area contributed by atoms with Crippen LogP contribution in [0.15, 0.2) is 24.3 Å². The molecule has 0 aliphatic carbocycles. The average molecular weight is 265 g/mol. The van der Waals surface area contributed by atoms with Gasteiger partial charge in [0.15, 0.2) is 0 Å². The summed E-state index contributed by atoms with van der Waals surface area (Å²) < 4.78 is 5.65. The summed E-state index contributed by atoms with van der Waals surface area (Å²) in [5.41, 5.74) is 0.451. The van der Waals surface area contributed by atoms with E-state index in [1.807, 2.05) is 6.07 Å². The second-order valence-corrected chi connectivity index (χ2v) is 5.08. The fourth-order valence-electron chi connectivity index (χ4n) is 1.95. The Morgan fingerprint density at radius 2 is 2.05 bits per heavy atom. The Labute approximate surface area is 116 Å². The van der Waals surface area contributed by atoms with Crippen LogP contribution in [0.2, 0.25) is 0 Å². The van der Waals surface area contributed by atoms with E-state index in [0.29, 0.717) is 23.7 Å². The zero-order chi connectivity index (χ0) is 14.3. The van der Waals surface area contributed by atoms with Crippen LogP contribution < -0.4 is 10.2 Å².